The zero-order valence-electron chi connectivity index (χ0n) is 13.7. The van der Waals surface area contributed by atoms with Gasteiger partial charge >= 0.3 is 0 Å². The van der Waals surface area contributed by atoms with Crippen molar-refractivity contribution in [2.24, 2.45) is 4.99 Å². The average Bonchev–Trinajstić information content (AvgIpc) is 3.03. The van der Waals surface area contributed by atoms with E-state index in [1.54, 1.807) is 12.1 Å². The first kappa shape index (κ1) is 17.3. The fraction of sp³-hybridized carbons (Fsp3) is 0.235. The van der Waals surface area contributed by atoms with Gasteiger partial charge in [0.2, 0.25) is 0 Å². The fourth-order valence-corrected chi connectivity index (χ4v) is 2.75. The molecule has 2 aromatic heterocycles. The lowest BCUT2D eigenvalue weighted by Crippen LogP contribution is -2.37. The highest BCUT2D eigenvalue weighted by atomic mass is 79.9. The lowest BCUT2D eigenvalue weighted by atomic mass is 10.2. The number of fused-ring (bicyclic) bond motifs is 1. The summed E-state index contributed by atoms with van der Waals surface area (Å²) in [5.41, 5.74) is 1.32. The average molecular weight is 405 g/mol. The monoisotopic (exact) mass is 404 g/mol. The topological polar surface area (TPSA) is 66.6 Å². The van der Waals surface area contributed by atoms with E-state index < -0.39 is 0 Å². The molecule has 2 heterocycles. The Hall–Kier alpha value is -2.48. The summed E-state index contributed by atoms with van der Waals surface area (Å²) in [6.45, 7) is 3.37. The van der Waals surface area contributed by atoms with E-state index >= 15 is 0 Å². The molecule has 0 fully saturated rings. The Morgan fingerprint density at radius 2 is 2.12 bits per heavy atom. The molecule has 0 saturated heterocycles. The standard InChI is InChI=1S/C17H18BrFN6/c1-2-20-17(21-10-12-9-13(18)6-7-14(12)19)22-11-16-24-23-15-5-3-4-8-25(15)16/h3-9H,2,10-11H2,1H3,(H2,20,21,22). The van der Waals surface area contributed by atoms with E-state index in [2.05, 4.69) is 41.8 Å². The van der Waals surface area contributed by atoms with E-state index in [0.717, 1.165) is 15.9 Å². The molecule has 0 aliphatic carbocycles. The fourth-order valence-electron chi connectivity index (χ4n) is 2.34. The number of aliphatic imine (C=N–C) groups is 1. The number of pyridine rings is 1. The molecule has 130 valence electrons. The summed E-state index contributed by atoms with van der Waals surface area (Å²) in [5.74, 6) is 1.09. The molecule has 0 saturated carbocycles. The lowest BCUT2D eigenvalue weighted by molar-refractivity contribution is 0.609. The SMILES string of the molecule is CCNC(=NCc1cc(Br)ccc1F)NCc1nnc2ccccn12. The van der Waals surface area contributed by atoms with Gasteiger partial charge in [0, 0.05) is 22.8 Å². The molecule has 0 unspecified atom stereocenters. The lowest BCUT2D eigenvalue weighted by Gasteiger charge is -2.11. The van der Waals surface area contributed by atoms with Crippen LogP contribution in [0.5, 0.6) is 0 Å². The Morgan fingerprint density at radius 3 is 2.96 bits per heavy atom. The van der Waals surface area contributed by atoms with E-state index in [0.29, 0.717) is 24.6 Å². The molecule has 0 atom stereocenters. The maximum atomic E-state index is 13.8. The number of halogens is 2. The molecule has 25 heavy (non-hydrogen) atoms. The number of nitrogens with one attached hydrogen (secondary N) is 2. The van der Waals surface area contributed by atoms with Crippen molar-refractivity contribution in [2.75, 3.05) is 6.54 Å². The van der Waals surface area contributed by atoms with Gasteiger partial charge in [0.15, 0.2) is 17.4 Å². The minimum Gasteiger partial charge on any atom is -0.357 e. The zero-order valence-corrected chi connectivity index (χ0v) is 15.3. The first-order chi connectivity index (χ1) is 12.2. The largest absolute Gasteiger partial charge is 0.357 e. The second kappa shape index (κ2) is 8.06. The van der Waals surface area contributed by atoms with Gasteiger partial charge < -0.3 is 10.6 Å². The molecule has 1 aromatic carbocycles. The Balaban J connectivity index is 1.71. The zero-order chi connectivity index (χ0) is 17.6. The molecule has 3 rings (SSSR count). The van der Waals surface area contributed by atoms with E-state index in [4.69, 9.17) is 0 Å². The molecule has 0 amide bonds. The summed E-state index contributed by atoms with van der Waals surface area (Å²) in [5, 5.41) is 14.6. The summed E-state index contributed by atoms with van der Waals surface area (Å²) in [4.78, 5) is 4.44. The van der Waals surface area contributed by atoms with Crippen LogP contribution in [0, 0.1) is 5.82 Å². The van der Waals surface area contributed by atoms with Crippen molar-refractivity contribution in [1.82, 2.24) is 25.2 Å². The van der Waals surface area contributed by atoms with Crippen LogP contribution in [0.1, 0.15) is 18.3 Å². The van der Waals surface area contributed by atoms with Crippen LogP contribution in [0.25, 0.3) is 5.65 Å². The molecule has 6 nitrogen and oxygen atoms in total. The molecular formula is C17H18BrFN6. The van der Waals surface area contributed by atoms with Crippen LogP contribution in [0.3, 0.4) is 0 Å². The van der Waals surface area contributed by atoms with Gasteiger partial charge in [-0.1, -0.05) is 22.0 Å². The predicted molar refractivity (Wildman–Crippen MR) is 98.7 cm³/mol. The van der Waals surface area contributed by atoms with Crippen molar-refractivity contribution in [3.05, 3.63) is 64.3 Å². The number of guanidine groups is 1. The van der Waals surface area contributed by atoms with E-state index in [9.17, 15) is 4.39 Å². The quantitative estimate of drug-likeness (QED) is 0.506. The summed E-state index contributed by atoms with van der Waals surface area (Å²) in [7, 11) is 0. The van der Waals surface area contributed by atoms with Crippen LogP contribution in [0.15, 0.2) is 52.1 Å². The molecule has 0 bridgehead atoms. The Morgan fingerprint density at radius 1 is 1.24 bits per heavy atom. The smallest absolute Gasteiger partial charge is 0.191 e. The summed E-state index contributed by atoms with van der Waals surface area (Å²) in [6.07, 6.45) is 1.91. The molecule has 8 heteroatoms. The highest BCUT2D eigenvalue weighted by Gasteiger charge is 2.07. The predicted octanol–water partition coefficient (Wildman–Crippen LogP) is 2.89. The van der Waals surface area contributed by atoms with Crippen LogP contribution < -0.4 is 10.6 Å². The Labute approximate surface area is 153 Å². The van der Waals surface area contributed by atoms with Crippen LogP contribution in [-0.4, -0.2) is 27.1 Å². The van der Waals surface area contributed by atoms with Crippen molar-refractivity contribution in [2.45, 2.75) is 20.0 Å². The normalized spacial score (nSPS) is 11.7. The highest BCUT2D eigenvalue weighted by molar-refractivity contribution is 9.10. The third-order valence-electron chi connectivity index (χ3n) is 3.56. The van der Waals surface area contributed by atoms with Crippen molar-refractivity contribution in [3.63, 3.8) is 0 Å². The first-order valence-electron chi connectivity index (χ1n) is 7.92. The van der Waals surface area contributed by atoms with Gasteiger partial charge in [0.1, 0.15) is 5.82 Å². The van der Waals surface area contributed by atoms with Gasteiger partial charge in [-0.25, -0.2) is 9.38 Å². The van der Waals surface area contributed by atoms with Gasteiger partial charge in [-0.05, 0) is 37.3 Å². The van der Waals surface area contributed by atoms with Crippen molar-refractivity contribution in [3.8, 4) is 0 Å². The first-order valence-corrected chi connectivity index (χ1v) is 8.71. The summed E-state index contributed by atoms with van der Waals surface area (Å²) < 4.78 is 16.6. The van der Waals surface area contributed by atoms with E-state index in [1.807, 2.05) is 35.7 Å². The second-order valence-corrected chi connectivity index (χ2v) is 6.25. The molecule has 0 aliphatic heterocycles. The highest BCUT2D eigenvalue weighted by Crippen LogP contribution is 2.16. The number of benzene rings is 1. The van der Waals surface area contributed by atoms with E-state index in [-0.39, 0.29) is 12.4 Å². The molecule has 0 spiro atoms. The van der Waals surface area contributed by atoms with Gasteiger partial charge in [-0.2, -0.15) is 0 Å². The van der Waals surface area contributed by atoms with Crippen LogP contribution in [-0.2, 0) is 13.1 Å². The molecule has 2 N–H and O–H groups in total. The van der Waals surface area contributed by atoms with Gasteiger partial charge in [-0.3, -0.25) is 4.40 Å². The molecule has 3 aromatic rings. The van der Waals surface area contributed by atoms with Crippen LogP contribution >= 0.6 is 15.9 Å². The number of hydrogen-bond acceptors (Lipinski definition) is 3. The maximum absolute atomic E-state index is 13.8. The third kappa shape index (κ3) is 4.33. The Kier molecular flexibility index (Phi) is 5.60. The number of rotatable bonds is 5. The number of nitrogens with zero attached hydrogens (tertiary/aromatic N) is 4. The van der Waals surface area contributed by atoms with Crippen LogP contribution in [0.2, 0.25) is 0 Å². The third-order valence-corrected chi connectivity index (χ3v) is 4.05. The van der Waals surface area contributed by atoms with Gasteiger partial charge in [-0.15, -0.1) is 10.2 Å². The second-order valence-electron chi connectivity index (χ2n) is 5.33. The number of aromatic nitrogens is 3. The number of hydrogen-bond donors (Lipinski definition) is 2. The Bertz CT molecular complexity index is 892. The van der Waals surface area contributed by atoms with Crippen molar-refractivity contribution in [1.29, 1.82) is 0 Å². The molecule has 0 aliphatic rings. The van der Waals surface area contributed by atoms with Gasteiger partial charge in [0.25, 0.3) is 0 Å². The summed E-state index contributed by atoms with van der Waals surface area (Å²) >= 11 is 3.35. The van der Waals surface area contributed by atoms with Gasteiger partial charge in [0.05, 0.1) is 13.1 Å². The van der Waals surface area contributed by atoms with E-state index in [1.165, 1.54) is 6.07 Å². The summed E-state index contributed by atoms with van der Waals surface area (Å²) in [6, 6.07) is 10.6. The van der Waals surface area contributed by atoms with Crippen molar-refractivity contribution >= 4 is 27.5 Å². The molecule has 0 radical (unpaired) electrons. The van der Waals surface area contributed by atoms with Crippen molar-refractivity contribution < 1.29 is 4.39 Å². The maximum Gasteiger partial charge on any atom is 0.191 e. The molecular weight excluding hydrogens is 387 g/mol. The van der Waals surface area contributed by atoms with Crippen LogP contribution in [0.4, 0.5) is 4.39 Å². The minimum atomic E-state index is -0.272. The minimum absolute atomic E-state index is 0.237.